The standard InChI is InChI=1S/C17H27N3O/c1-3-10-19-17(2,16(18)21)13-20-11-8-14-6-4-5-7-15(14)9-12-20/h4-7,19H,3,8-13H2,1-2H3,(H2,18,21). The summed E-state index contributed by atoms with van der Waals surface area (Å²) >= 11 is 0. The summed E-state index contributed by atoms with van der Waals surface area (Å²) in [4.78, 5) is 14.2. The third-order valence-electron chi connectivity index (χ3n) is 4.36. The van der Waals surface area contributed by atoms with Crippen LogP contribution in [0.25, 0.3) is 0 Å². The summed E-state index contributed by atoms with van der Waals surface area (Å²) in [6, 6.07) is 8.62. The third-order valence-corrected chi connectivity index (χ3v) is 4.36. The molecule has 0 aliphatic carbocycles. The zero-order valence-electron chi connectivity index (χ0n) is 13.2. The van der Waals surface area contributed by atoms with E-state index in [0.717, 1.165) is 38.9 Å². The molecule has 1 atom stereocenters. The fourth-order valence-electron chi connectivity index (χ4n) is 2.94. The predicted octanol–water partition coefficient (Wildman–Crippen LogP) is 1.33. The molecule has 0 fully saturated rings. The van der Waals surface area contributed by atoms with Gasteiger partial charge in [0.25, 0.3) is 0 Å². The van der Waals surface area contributed by atoms with E-state index in [1.54, 1.807) is 0 Å². The normalized spacial score (nSPS) is 18.6. The Balaban J connectivity index is 2.01. The maximum Gasteiger partial charge on any atom is 0.238 e. The second-order valence-corrected chi connectivity index (χ2v) is 6.17. The van der Waals surface area contributed by atoms with Crippen molar-refractivity contribution in [2.45, 2.75) is 38.6 Å². The van der Waals surface area contributed by atoms with Crippen molar-refractivity contribution in [1.29, 1.82) is 0 Å². The average Bonchev–Trinajstić information content (AvgIpc) is 2.68. The average molecular weight is 289 g/mol. The third kappa shape index (κ3) is 4.05. The van der Waals surface area contributed by atoms with E-state index >= 15 is 0 Å². The Morgan fingerprint density at radius 1 is 1.29 bits per heavy atom. The van der Waals surface area contributed by atoms with E-state index in [0.29, 0.717) is 6.54 Å². The Hall–Kier alpha value is -1.39. The first-order valence-corrected chi connectivity index (χ1v) is 7.89. The van der Waals surface area contributed by atoms with Crippen LogP contribution in [0.3, 0.4) is 0 Å². The highest BCUT2D eigenvalue weighted by molar-refractivity contribution is 5.84. The molecule has 116 valence electrons. The number of fused-ring (bicyclic) bond motifs is 1. The van der Waals surface area contributed by atoms with Gasteiger partial charge in [-0.05, 0) is 43.9 Å². The lowest BCUT2D eigenvalue weighted by Gasteiger charge is -2.33. The SMILES string of the molecule is CCCNC(C)(CN1CCc2ccccc2CC1)C(N)=O. The number of carbonyl (C=O) groups is 1. The van der Waals surface area contributed by atoms with Crippen molar-refractivity contribution in [3.8, 4) is 0 Å². The van der Waals surface area contributed by atoms with Crippen molar-refractivity contribution in [1.82, 2.24) is 10.2 Å². The molecule has 3 N–H and O–H groups in total. The van der Waals surface area contributed by atoms with Gasteiger partial charge in [-0.1, -0.05) is 31.2 Å². The van der Waals surface area contributed by atoms with Crippen LogP contribution < -0.4 is 11.1 Å². The Bertz CT molecular complexity index is 462. The lowest BCUT2D eigenvalue weighted by atomic mass is 10.00. The van der Waals surface area contributed by atoms with Crippen molar-refractivity contribution in [3.05, 3.63) is 35.4 Å². The van der Waals surface area contributed by atoms with Crippen LogP contribution in [0.5, 0.6) is 0 Å². The number of amides is 1. The van der Waals surface area contributed by atoms with E-state index in [4.69, 9.17) is 5.73 Å². The van der Waals surface area contributed by atoms with Gasteiger partial charge in [-0.2, -0.15) is 0 Å². The van der Waals surface area contributed by atoms with Crippen molar-refractivity contribution < 1.29 is 4.79 Å². The van der Waals surface area contributed by atoms with E-state index in [-0.39, 0.29) is 5.91 Å². The zero-order chi connectivity index (χ0) is 15.3. The van der Waals surface area contributed by atoms with Crippen molar-refractivity contribution in [3.63, 3.8) is 0 Å². The molecule has 2 rings (SSSR count). The van der Waals surface area contributed by atoms with Gasteiger partial charge in [0, 0.05) is 19.6 Å². The molecule has 0 bridgehead atoms. The topological polar surface area (TPSA) is 58.4 Å². The highest BCUT2D eigenvalue weighted by Crippen LogP contribution is 2.17. The number of hydrogen-bond acceptors (Lipinski definition) is 3. The van der Waals surface area contributed by atoms with Crippen molar-refractivity contribution in [2.75, 3.05) is 26.2 Å². The Kier molecular flexibility index (Phi) is 5.37. The van der Waals surface area contributed by atoms with Crippen LogP contribution >= 0.6 is 0 Å². The number of nitrogens with one attached hydrogen (secondary N) is 1. The molecule has 1 aromatic carbocycles. The summed E-state index contributed by atoms with van der Waals surface area (Å²) in [5, 5.41) is 3.32. The molecule has 0 saturated carbocycles. The van der Waals surface area contributed by atoms with Gasteiger partial charge < -0.3 is 16.0 Å². The summed E-state index contributed by atoms with van der Waals surface area (Å²) in [5.74, 6) is -0.266. The number of benzene rings is 1. The summed E-state index contributed by atoms with van der Waals surface area (Å²) in [7, 11) is 0. The molecule has 1 unspecified atom stereocenters. The molecule has 1 aliphatic rings. The summed E-state index contributed by atoms with van der Waals surface area (Å²) in [6.07, 6.45) is 3.08. The number of rotatable bonds is 6. The maximum absolute atomic E-state index is 11.8. The van der Waals surface area contributed by atoms with E-state index in [1.165, 1.54) is 11.1 Å². The lowest BCUT2D eigenvalue weighted by molar-refractivity contribution is -0.124. The molecule has 1 aliphatic heterocycles. The van der Waals surface area contributed by atoms with E-state index in [2.05, 4.69) is 41.4 Å². The smallest absolute Gasteiger partial charge is 0.238 e. The van der Waals surface area contributed by atoms with E-state index < -0.39 is 5.54 Å². The molecule has 0 spiro atoms. The fourth-order valence-corrected chi connectivity index (χ4v) is 2.94. The number of hydrogen-bond donors (Lipinski definition) is 2. The Labute approximate surface area is 127 Å². The van der Waals surface area contributed by atoms with Crippen LogP contribution in [-0.4, -0.2) is 42.5 Å². The number of carbonyl (C=O) groups excluding carboxylic acids is 1. The Morgan fingerprint density at radius 3 is 2.33 bits per heavy atom. The van der Waals surface area contributed by atoms with Crippen LogP contribution in [0.1, 0.15) is 31.4 Å². The zero-order valence-corrected chi connectivity index (χ0v) is 13.2. The fraction of sp³-hybridized carbons (Fsp3) is 0.588. The minimum atomic E-state index is -0.646. The highest BCUT2D eigenvalue weighted by Gasteiger charge is 2.32. The van der Waals surface area contributed by atoms with E-state index in [9.17, 15) is 4.79 Å². The highest BCUT2D eigenvalue weighted by atomic mass is 16.1. The molecular weight excluding hydrogens is 262 g/mol. The van der Waals surface area contributed by atoms with Gasteiger partial charge in [0.2, 0.25) is 5.91 Å². The van der Waals surface area contributed by atoms with Crippen LogP contribution in [0.4, 0.5) is 0 Å². The van der Waals surface area contributed by atoms with Gasteiger partial charge >= 0.3 is 0 Å². The van der Waals surface area contributed by atoms with Gasteiger partial charge in [-0.25, -0.2) is 0 Å². The molecule has 1 amide bonds. The van der Waals surface area contributed by atoms with Crippen molar-refractivity contribution in [2.24, 2.45) is 5.73 Å². The van der Waals surface area contributed by atoms with Crippen LogP contribution in [0.15, 0.2) is 24.3 Å². The van der Waals surface area contributed by atoms with Gasteiger partial charge in [-0.3, -0.25) is 4.79 Å². The van der Waals surface area contributed by atoms with E-state index in [1.807, 2.05) is 6.92 Å². The monoisotopic (exact) mass is 289 g/mol. The minimum absolute atomic E-state index is 0.266. The van der Waals surface area contributed by atoms with Crippen LogP contribution in [0, 0.1) is 0 Å². The Morgan fingerprint density at radius 2 is 1.86 bits per heavy atom. The van der Waals surface area contributed by atoms with Gasteiger partial charge in [-0.15, -0.1) is 0 Å². The molecule has 0 radical (unpaired) electrons. The second-order valence-electron chi connectivity index (χ2n) is 6.17. The quantitative estimate of drug-likeness (QED) is 0.830. The summed E-state index contributed by atoms with van der Waals surface area (Å²) in [6.45, 7) is 7.46. The summed E-state index contributed by atoms with van der Waals surface area (Å²) < 4.78 is 0. The minimum Gasteiger partial charge on any atom is -0.368 e. The molecule has 21 heavy (non-hydrogen) atoms. The molecule has 4 nitrogen and oxygen atoms in total. The lowest BCUT2D eigenvalue weighted by Crippen LogP contribution is -2.60. The largest absolute Gasteiger partial charge is 0.368 e. The van der Waals surface area contributed by atoms with Crippen LogP contribution in [-0.2, 0) is 17.6 Å². The van der Waals surface area contributed by atoms with Crippen LogP contribution in [0.2, 0.25) is 0 Å². The van der Waals surface area contributed by atoms with Gasteiger partial charge in [0.05, 0.1) is 0 Å². The second kappa shape index (κ2) is 7.05. The van der Waals surface area contributed by atoms with Crippen molar-refractivity contribution >= 4 is 5.91 Å². The number of primary amides is 1. The van der Waals surface area contributed by atoms with Gasteiger partial charge in [0.1, 0.15) is 5.54 Å². The first-order valence-electron chi connectivity index (χ1n) is 7.89. The number of nitrogens with two attached hydrogens (primary N) is 1. The predicted molar refractivity (Wildman–Crippen MR) is 86.2 cm³/mol. The molecular formula is C17H27N3O. The molecule has 0 aromatic heterocycles. The maximum atomic E-state index is 11.8. The summed E-state index contributed by atoms with van der Waals surface area (Å²) in [5.41, 5.74) is 7.84. The molecule has 1 heterocycles. The molecule has 0 saturated heterocycles. The molecule has 1 aromatic rings. The first-order chi connectivity index (χ1) is 10.0. The first kappa shape index (κ1) is 16.0. The number of nitrogens with zero attached hydrogens (tertiary/aromatic N) is 1. The van der Waals surface area contributed by atoms with Gasteiger partial charge in [0.15, 0.2) is 0 Å². The molecule has 4 heteroatoms.